The predicted octanol–water partition coefficient (Wildman–Crippen LogP) is 1.32. The van der Waals surface area contributed by atoms with Crippen LogP contribution in [0, 0.1) is 5.92 Å². The number of nitrogens with one attached hydrogen (secondary N) is 1. The molecule has 2 heterocycles. The summed E-state index contributed by atoms with van der Waals surface area (Å²) in [5.74, 6) is 1.04. The van der Waals surface area contributed by atoms with Crippen molar-refractivity contribution in [3.8, 4) is 0 Å². The predicted molar refractivity (Wildman–Crippen MR) is 78.1 cm³/mol. The second-order valence-corrected chi connectivity index (χ2v) is 6.04. The van der Waals surface area contributed by atoms with Gasteiger partial charge in [0.15, 0.2) is 0 Å². The van der Waals surface area contributed by atoms with Crippen molar-refractivity contribution in [2.75, 3.05) is 39.8 Å². The molecule has 2 aliphatic heterocycles. The lowest BCUT2D eigenvalue weighted by Gasteiger charge is -2.36. The number of hydrogen-bond donors (Lipinski definition) is 1. The Balaban J connectivity index is 1.91. The Bertz CT molecular complexity index is 293. The van der Waals surface area contributed by atoms with E-state index in [-0.39, 0.29) is 6.04 Å². The van der Waals surface area contributed by atoms with Crippen LogP contribution < -0.4 is 5.32 Å². The summed E-state index contributed by atoms with van der Waals surface area (Å²) in [6, 6.07) is 0.174. The first kappa shape index (κ1) is 14.8. The third kappa shape index (κ3) is 3.69. The van der Waals surface area contributed by atoms with Crippen molar-refractivity contribution in [2.24, 2.45) is 5.92 Å². The molecule has 2 fully saturated rings. The molecule has 1 amide bonds. The molecule has 2 rings (SSSR count). The number of nitrogens with zero attached hydrogens (tertiary/aromatic N) is 2. The lowest BCUT2D eigenvalue weighted by atomic mass is 9.97. The van der Waals surface area contributed by atoms with E-state index in [1.54, 1.807) is 0 Å². The topological polar surface area (TPSA) is 35.6 Å². The van der Waals surface area contributed by atoms with Gasteiger partial charge in [0, 0.05) is 13.1 Å². The highest BCUT2D eigenvalue weighted by atomic mass is 16.2. The van der Waals surface area contributed by atoms with Crippen LogP contribution in [0.2, 0.25) is 0 Å². The van der Waals surface area contributed by atoms with E-state index in [1.165, 1.54) is 19.3 Å². The summed E-state index contributed by atoms with van der Waals surface area (Å²) in [4.78, 5) is 17.2. The van der Waals surface area contributed by atoms with Crippen LogP contribution in [-0.4, -0.2) is 61.5 Å². The van der Waals surface area contributed by atoms with Gasteiger partial charge in [0.2, 0.25) is 5.91 Å². The Kier molecular flexibility index (Phi) is 5.64. The summed E-state index contributed by atoms with van der Waals surface area (Å²) in [5.41, 5.74) is 0. The monoisotopic (exact) mass is 267 g/mol. The number of carbonyl (C=O) groups is 1. The molecule has 0 aromatic heterocycles. The maximum atomic E-state index is 12.7. The third-order valence-corrected chi connectivity index (χ3v) is 4.48. The number of likely N-dealkylation sites (tertiary alicyclic amines) is 2. The molecule has 19 heavy (non-hydrogen) atoms. The third-order valence-electron chi connectivity index (χ3n) is 4.48. The highest BCUT2D eigenvalue weighted by Gasteiger charge is 2.34. The molecule has 0 aliphatic carbocycles. The van der Waals surface area contributed by atoms with Gasteiger partial charge in [0.25, 0.3) is 0 Å². The van der Waals surface area contributed by atoms with Gasteiger partial charge in [-0.05, 0) is 64.7 Å². The maximum Gasteiger partial charge on any atom is 0.239 e. The molecule has 110 valence electrons. The Morgan fingerprint density at radius 1 is 1.26 bits per heavy atom. The minimum atomic E-state index is 0.174. The minimum absolute atomic E-state index is 0.174. The summed E-state index contributed by atoms with van der Waals surface area (Å²) in [6.07, 6.45) is 5.81. The summed E-state index contributed by atoms with van der Waals surface area (Å²) in [5, 5.41) is 3.25. The Hall–Kier alpha value is -0.610. The zero-order chi connectivity index (χ0) is 13.7. The number of amides is 1. The first-order valence-electron chi connectivity index (χ1n) is 7.93. The highest BCUT2D eigenvalue weighted by Crippen LogP contribution is 2.23. The van der Waals surface area contributed by atoms with E-state index in [9.17, 15) is 4.79 Å². The van der Waals surface area contributed by atoms with Gasteiger partial charge < -0.3 is 10.2 Å². The molecule has 1 N–H and O–H groups in total. The van der Waals surface area contributed by atoms with Gasteiger partial charge in [-0.1, -0.05) is 6.92 Å². The van der Waals surface area contributed by atoms with Crippen LogP contribution in [0.25, 0.3) is 0 Å². The van der Waals surface area contributed by atoms with Crippen molar-refractivity contribution >= 4 is 5.91 Å². The molecule has 0 spiro atoms. The van der Waals surface area contributed by atoms with E-state index < -0.39 is 0 Å². The molecule has 2 atom stereocenters. The summed E-state index contributed by atoms with van der Waals surface area (Å²) >= 11 is 0. The number of piperidine rings is 1. The Morgan fingerprint density at radius 3 is 2.79 bits per heavy atom. The van der Waals surface area contributed by atoms with Gasteiger partial charge in [0.1, 0.15) is 0 Å². The van der Waals surface area contributed by atoms with E-state index in [4.69, 9.17) is 0 Å². The lowest BCUT2D eigenvalue weighted by molar-refractivity contribution is -0.137. The second kappa shape index (κ2) is 7.25. The first-order valence-corrected chi connectivity index (χ1v) is 7.93. The van der Waals surface area contributed by atoms with E-state index in [0.717, 1.165) is 45.6 Å². The molecule has 0 aromatic carbocycles. The van der Waals surface area contributed by atoms with Gasteiger partial charge in [-0.25, -0.2) is 0 Å². The Labute approximate surface area is 117 Å². The number of rotatable bonds is 5. The van der Waals surface area contributed by atoms with Crippen LogP contribution in [-0.2, 0) is 4.79 Å². The zero-order valence-corrected chi connectivity index (χ0v) is 12.5. The smallest absolute Gasteiger partial charge is 0.239 e. The van der Waals surface area contributed by atoms with Crippen molar-refractivity contribution in [1.29, 1.82) is 0 Å². The van der Waals surface area contributed by atoms with Crippen LogP contribution in [0.1, 0.15) is 39.0 Å². The fourth-order valence-corrected chi connectivity index (χ4v) is 3.59. The average molecular weight is 267 g/mol. The van der Waals surface area contributed by atoms with Crippen LogP contribution in [0.5, 0.6) is 0 Å². The molecular weight excluding hydrogens is 238 g/mol. The standard InChI is InChI=1S/C15H29N3O/c1-3-8-17-9-5-7-14(17)15(19)18-10-4-6-13(12-18)11-16-2/h13-14,16H,3-12H2,1-2H3/t13-,14+/m1/s1. The van der Waals surface area contributed by atoms with Gasteiger partial charge in [-0.3, -0.25) is 9.69 Å². The first-order chi connectivity index (χ1) is 9.26. The molecule has 4 heteroatoms. The zero-order valence-electron chi connectivity index (χ0n) is 12.5. The minimum Gasteiger partial charge on any atom is -0.341 e. The van der Waals surface area contributed by atoms with E-state index >= 15 is 0 Å². The molecule has 0 unspecified atom stereocenters. The summed E-state index contributed by atoms with van der Waals surface area (Å²) in [7, 11) is 2.00. The van der Waals surface area contributed by atoms with Crippen molar-refractivity contribution in [2.45, 2.75) is 45.1 Å². The molecule has 2 saturated heterocycles. The molecule has 0 saturated carbocycles. The van der Waals surface area contributed by atoms with E-state index in [2.05, 4.69) is 22.0 Å². The second-order valence-electron chi connectivity index (χ2n) is 6.04. The molecule has 0 radical (unpaired) electrons. The van der Waals surface area contributed by atoms with Crippen molar-refractivity contribution in [3.63, 3.8) is 0 Å². The summed E-state index contributed by atoms with van der Waals surface area (Å²) < 4.78 is 0. The summed E-state index contributed by atoms with van der Waals surface area (Å²) in [6.45, 7) is 7.34. The average Bonchev–Trinajstić information content (AvgIpc) is 2.87. The van der Waals surface area contributed by atoms with Gasteiger partial charge in [-0.2, -0.15) is 0 Å². The van der Waals surface area contributed by atoms with Crippen molar-refractivity contribution in [1.82, 2.24) is 15.1 Å². The van der Waals surface area contributed by atoms with Gasteiger partial charge in [0.05, 0.1) is 6.04 Å². The molecule has 0 bridgehead atoms. The SMILES string of the molecule is CCCN1CCC[C@H]1C(=O)N1CCC[C@H](CNC)C1. The van der Waals surface area contributed by atoms with E-state index in [1.807, 2.05) is 7.05 Å². The fraction of sp³-hybridized carbons (Fsp3) is 0.933. The number of hydrogen-bond acceptors (Lipinski definition) is 3. The van der Waals surface area contributed by atoms with Gasteiger partial charge >= 0.3 is 0 Å². The molecule has 4 nitrogen and oxygen atoms in total. The maximum absolute atomic E-state index is 12.7. The van der Waals surface area contributed by atoms with Gasteiger partial charge in [-0.15, -0.1) is 0 Å². The van der Waals surface area contributed by atoms with Crippen molar-refractivity contribution in [3.05, 3.63) is 0 Å². The lowest BCUT2D eigenvalue weighted by Crippen LogP contribution is -2.50. The molecule has 0 aromatic rings. The van der Waals surface area contributed by atoms with E-state index in [0.29, 0.717) is 11.8 Å². The highest BCUT2D eigenvalue weighted by molar-refractivity contribution is 5.82. The fourth-order valence-electron chi connectivity index (χ4n) is 3.59. The van der Waals surface area contributed by atoms with Crippen molar-refractivity contribution < 1.29 is 4.79 Å². The number of carbonyl (C=O) groups excluding carboxylic acids is 1. The van der Waals surface area contributed by atoms with Crippen LogP contribution in [0.4, 0.5) is 0 Å². The molecular formula is C15H29N3O. The molecule has 2 aliphatic rings. The normalized spacial score (nSPS) is 28.8. The quantitative estimate of drug-likeness (QED) is 0.816. The van der Waals surface area contributed by atoms with Crippen LogP contribution in [0.15, 0.2) is 0 Å². The Morgan fingerprint density at radius 2 is 2.05 bits per heavy atom. The van der Waals surface area contributed by atoms with Crippen LogP contribution in [0.3, 0.4) is 0 Å². The largest absolute Gasteiger partial charge is 0.341 e. The van der Waals surface area contributed by atoms with Crippen LogP contribution >= 0.6 is 0 Å².